The maximum absolute atomic E-state index is 12.2. The summed E-state index contributed by atoms with van der Waals surface area (Å²) in [7, 11) is -3.30. The first-order valence-corrected chi connectivity index (χ1v) is 9.36. The molecule has 0 bridgehead atoms. The number of hydrogen-bond donors (Lipinski definition) is 2. The Morgan fingerprint density at radius 2 is 1.95 bits per heavy atom. The van der Waals surface area contributed by atoms with Crippen LogP contribution < -0.4 is 10.0 Å². The van der Waals surface area contributed by atoms with Crippen molar-refractivity contribution in [2.75, 3.05) is 23.6 Å². The van der Waals surface area contributed by atoms with Crippen LogP contribution in [0.1, 0.15) is 12.8 Å². The zero-order valence-corrected chi connectivity index (χ0v) is 14.3. The Bertz CT molecular complexity index is 543. The molecule has 1 aliphatic heterocycles. The van der Waals surface area contributed by atoms with Gasteiger partial charge in [-0.2, -0.15) is 0 Å². The van der Waals surface area contributed by atoms with Gasteiger partial charge < -0.3 is 5.32 Å². The average molecular weight is 412 g/mol. The van der Waals surface area contributed by atoms with Gasteiger partial charge in [0.2, 0.25) is 10.0 Å². The van der Waals surface area contributed by atoms with E-state index in [-0.39, 0.29) is 11.7 Å². The molecule has 1 saturated heterocycles. The molecule has 0 aliphatic carbocycles. The van der Waals surface area contributed by atoms with Crippen LogP contribution in [0.3, 0.4) is 0 Å². The minimum atomic E-state index is -3.30. The van der Waals surface area contributed by atoms with Crippen LogP contribution in [0.25, 0.3) is 0 Å². The lowest BCUT2D eigenvalue weighted by atomic mass is 10.0. The fraction of sp³-hybridized carbons (Fsp3) is 0.500. The largest absolute Gasteiger partial charge is 0.317 e. The third kappa shape index (κ3) is 4.73. The summed E-state index contributed by atoms with van der Waals surface area (Å²) in [5, 5.41) is 3.24. The Kier molecular flexibility index (Phi) is 5.28. The number of benzene rings is 1. The molecule has 0 radical (unpaired) electrons. The fourth-order valence-corrected chi connectivity index (χ4v) is 4.52. The minimum absolute atomic E-state index is 0.188. The fourth-order valence-electron chi connectivity index (χ4n) is 2.14. The molecular weight excluding hydrogens is 396 g/mol. The average Bonchev–Trinajstić information content (AvgIpc) is 2.34. The predicted molar refractivity (Wildman–Crippen MR) is 84.8 cm³/mol. The molecular formula is C12H16Br2N2O2S. The van der Waals surface area contributed by atoms with Crippen LogP contribution in [0.5, 0.6) is 0 Å². The molecule has 1 aromatic rings. The van der Waals surface area contributed by atoms with E-state index in [4.69, 9.17) is 0 Å². The number of halogens is 2. The van der Waals surface area contributed by atoms with E-state index >= 15 is 0 Å². The van der Waals surface area contributed by atoms with Crippen molar-refractivity contribution in [3.63, 3.8) is 0 Å². The SMILES string of the molecule is O=S(=O)(CC1CCNCC1)Nc1cc(Br)ccc1Br. The van der Waals surface area contributed by atoms with Gasteiger partial charge in [0.1, 0.15) is 0 Å². The van der Waals surface area contributed by atoms with Crippen LogP contribution in [0.2, 0.25) is 0 Å². The van der Waals surface area contributed by atoms with Crippen molar-refractivity contribution in [1.29, 1.82) is 0 Å². The maximum atomic E-state index is 12.2. The van der Waals surface area contributed by atoms with E-state index in [0.29, 0.717) is 5.69 Å². The lowest BCUT2D eigenvalue weighted by molar-refractivity contribution is 0.402. The second-order valence-corrected chi connectivity index (χ2v) is 8.24. The van der Waals surface area contributed by atoms with Gasteiger partial charge in [-0.25, -0.2) is 8.42 Å². The molecule has 4 nitrogen and oxygen atoms in total. The predicted octanol–water partition coefficient (Wildman–Crippen LogP) is 2.95. The molecule has 106 valence electrons. The smallest absolute Gasteiger partial charge is 0.233 e. The molecule has 2 N–H and O–H groups in total. The van der Waals surface area contributed by atoms with E-state index in [9.17, 15) is 8.42 Å². The summed E-state index contributed by atoms with van der Waals surface area (Å²) in [5.74, 6) is 0.429. The van der Waals surface area contributed by atoms with Crippen molar-refractivity contribution >= 4 is 47.6 Å². The van der Waals surface area contributed by atoms with Crippen LogP contribution in [0.15, 0.2) is 27.1 Å². The minimum Gasteiger partial charge on any atom is -0.317 e. The van der Waals surface area contributed by atoms with Gasteiger partial charge in [-0.05, 0) is 66.0 Å². The number of rotatable bonds is 4. The second-order valence-electron chi connectivity index (χ2n) is 4.70. The molecule has 19 heavy (non-hydrogen) atoms. The highest BCUT2D eigenvalue weighted by atomic mass is 79.9. The van der Waals surface area contributed by atoms with Crippen LogP contribution in [-0.4, -0.2) is 27.3 Å². The van der Waals surface area contributed by atoms with Crippen LogP contribution in [0.4, 0.5) is 5.69 Å². The second kappa shape index (κ2) is 6.56. The number of piperidine rings is 1. The van der Waals surface area contributed by atoms with E-state index < -0.39 is 10.0 Å². The van der Waals surface area contributed by atoms with Crippen LogP contribution in [0, 0.1) is 5.92 Å². The first kappa shape index (κ1) is 15.3. The summed E-state index contributed by atoms with van der Waals surface area (Å²) in [6, 6.07) is 5.42. The third-order valence-corrected chi connectivity index (χ3v) is 5.73. The normalized spacial score (nSPS) is 17.4. The molecule has 0 saturated carbocycles. The number of anilines is 1. The van der Waals surface area contributed by atoms with E-state index in [1.165, 1.54) is 0 Å². The molecule has 1 aliphatic rings. The number of hydrogen-bond acceptors (Lipinski definition) is 3. The molecule has 7 heteroatoms. The summed E-state index contributed by atoms with van der Waals surface area (Å²) < 4.78 is 28.6. The van der Waals surface area contributed by atoms with Crippen molar-refractivity contribution in [1.82, 2.24) is 5.32 Å². The molecule has 1 fully saturated rings. The highest BCUT2D eigenvalue weighted by Crippen LogP contribution is 2.27. The van der Waals surface area contributed by atoms with Gasteiger partial charge in [-0.1, -0.05) is 15.9 Å². The van der Waals surface area contributed by atoms with Crippen molar-refractivity contribution in [2.45, 2.75) is 12.8 Å². The Hall–Kier alpha value is -0.110. The summed E-state index contributed by atoms with van der Waals surface area (Å²) in [4.78, 5) is 0. The molecule has 2 rings (SSSR count). The van der Waals surface area contributed by atoms with Crippen molar-refractivity contribution in [3.05, 3.63) is 27.1 Å². The lowest BCUT2D eigenvalue weighted by Gasteiger charge is -2.22. The Morgan fingerprint density at radius 3 is 2.63 bits per heavy atom. The molecule has 0 spiro atoms. The summed E-state index contributed by atoms with van der Waals surface area (Å²) in [6.45, 7) is 1.81. The Labute approximate surface area is 130 Å². The van der Waals surface area contributed by atoms with Crippen molar-refractivity contribution in [3.8, 4) is 0 Å². The Balaban J connectivity index is 2.05. The van der Waals surface area contributed by atoms with E-state index in [1.54, 1.807) is 6.07 Å². The summed E-state index contributed by atoms with van der Waals surface area (Å²) in [6.07, 6.45) is 1.83. The molecule has 1 heterocycles. The number of nitrogens with one attached hydrogen (secondary N) is 2. The zero-order valence-electron chi connectivity index (χ0n) is 10.3. The van der Waals surface area contributed by atoms with E-state index in [0.717, 1.165) is 34.9 Å². The first-order valence-electron chi connectivity index (χ1n) is 6.12. The van der Waals surface area contributed by atoms with Gasteiger partial charge in [-0.3, -0.25) is 4.72 Å². The third-order valence-electron chi connectivity index (χ3n) is 3.11. The van der Waals surface area contributed by atoms with Gasteiger partial charge in [0.05, 0.1) is 11.4 Å². The van der Waals surface area contributed by atoms with E-state index in [1.807, 2.05) is 12.1 Å². The lowest BCUT2D eigenvalue weighted by Crippen LogP contribution is -2.33. The van der Waals surface area contributed by atoms with Gasteiger partial charge in [0.15, 0.2) is 0 Å². The van der Waals surface area contributed by atoms with Crippen LogP contribution >= 0.6 is 31.9 Å². The van der Waals surface area contributed by atoms with Crippen LogP contribution in [-0.2, 0) is 10.0 Å². The molecule has 0 atom stereocenters. The van der Waals surface area contributed by atoms with Gasteiger partial charge in [0, 0.05) is 8.95 Å². The number of sulfonamides is 1. The summed E-state index contributed by atoms with van der Waals surface area (Å²) in [5.41, 5.74) is 0.573. The van der Waals surface area contributed by atoms with Gasteiger partial charge in [-0.15, -0.1) is 0 Å². The van der Waals surface area contributed by atoms with E-state index in [2.05, 4.69) is 41.9 Å². The zero-order chi connectivity index (χ0) is 13.9. The highest BCUT2D eigenvalue weighted by Gasteiger charge is 2.21. The summed E-state index contributed by atoms with van der Waals surface area (Å²) >= 11 is 6.69. The van der Waals surface area contributed by atoms with Gasteiger partial charge in [0.25, 0.3) is 0 Å². The first-order chi connectivity index (χ1) is 8.96. The molecule has 1 aromatic carbocycles. The quantitative estimate of drug-likeness (QED) is 0.800. The maximum Gasteiger partial charge on any atom is 0.233 e. The standard InChI is InChI=1S/C12H16Br2N2O2S/c13-10-1-2-11(14)12(7-10)16-19(17,18)8-9-3-5-15-6-4-9/h1-2,7,9,15-16H,3-6,8H2. The molecule has 0 aromatic heterocycles. The monoisotopic (exact) mass is 410 g/mol. The van der Waals surface area contributed by atoms with Crippen molar-refractivity contribution < 1.29 is 8.42 Å². The van der Waals surface area contributed by atoms with Gasteiger partial charge >= 0.3 is 0 Å². The van der Waals surface area contributed by atoms with Crippen molar-refractivity contribution in [2.24, 2.45) is 5.92 Å². The Morgan fingerprint density at radius 1 is 1.26 bits per heavy atom. The molecule has 0 unspecified atom stereocenters. The topological polar surface area (TPSA) is 58.2 Å². The highest BCUT2D eigenvalue weighted by molar-refractivity contribution is 9.11. The molecule has 0 amide bonds.